The zero-order valence-corrected chi connectivity index (χ0v) is 12.3. The van der Waals surface area contributed by atoms with Gasteiger partial charge in [0.05, 0.1) is 19.8 Å². The third-order valence-electron chi connectivity index (χ3n) is 2.63. The fourth-order valence-corrected chi connectivity index (χ4v) is 1.99. The first-order valence-corrected chi connectivity index (χ1v) is 6.64. The number of benzene rings is 1. The van der Waals surface area contributed by atoms with Crippen molar-refractivity contribution in [3.05, 3.63) is 34.1 Å². The van der Waals surface area contributed by atoms with Crippen LogP contribution in [-0.4, -0.2) is 40.0 Å². The number of hydrogen-bond donors (Lipinski definition) is 1. The van der Waals surface area contributed by atoms with Gasteiger partial charge in [-0.1, -0.05) is 15.9 Å². The minimum absolute atomic E-state index is 0.0886. The summed E-state index contributed by atoms with van der Waals surface area (Å²) in [6.07, 6.45) is 0.592. The molecule has 0 fully saturated rings. The van der Waals surface area contributed by atoms with E-state index in [4.69, 9.17) is 9.47 Å². The molecular formula is C13H19BrFNO2. The van der Waals surface area contributed by atoms with Crippen LogP contribution in [0.25, 0.3) is 0 Å². The third kappa shape index (κ3) is 5.44. The molecule has 1 aromatic rings. The molecule has 0 aliphatic rings. The molecule has 1 unspecified atom stereocenters. The summed E-state index contributed by atoms with van der Waals surface area (Å²) in [4.78, 5) is 0. The van der Waals surface area contributed by atoms with E-state index >= 15 is 0 Å². The molecule has 102 valence electrons. The van der Waals surface area contributed by atoms with Crippen molar-refractivity contribution in [2.45, 2.75) is 12.5 Å². The van der Waals surface area contributed by atoms with Crippen molar-refractivity contribution in [1.29, 1.82) is 0 Å². The van der Waals surface area contributed by atoms with Crippen molar-refractivity contribution in [2.75, 3.05) is 34.0 Å². The van der Waals surface area contributed by atoms with Gasteiger partial charge in [-0.25, -0.2) is 4.39 Å². The maximum absolute atomic E-state index is 13.6. The van der Waals surface area contributed by atoms with Crippen LogP contribution in [0.3, 0.4) is 0 Å². The van der Waals surface area contributed by atoms with Crippen molar-refractivity contribution in [3.8, 4) is 0 Å². The van der Waals surface area contributed by atoms with Gasteiger partial charge in [-0.2, -0.15) is 0 Å². The topological polar surface area (TPSA) is 30.5 Å². The average molecular weight is 320 g/mol. The van der Waals surface area contributed by atoms with E-state index in [0.29, 0.717) is 31.8 Å². The van der Waals surface area contributed by atoms with Gasteiger partial charge in [-0.05, 0) is 37.2 Å². The Balaban J connectivity index is 2.48. The van der Waals surface area contributed by atoms with Crippen molar-refractivity contribution in [1.82, 2.24) is 5.32 Å². The molecule has 1 rings (SSSR count). The smallest absolute Gasteiger partial charge is 0.126 e. The molecule has 3 nitrogen and oxygen atoms in total. The minimum atomic E-state index is -0.185. The lowest BCUT2D eigenvalue weighted by Crippen LogP contribution is -2.33. The van der Waals surface area contributed by atoms with Crippen LogP contribution in [0.15, 0.2) is 22.7 Å². The van der Waals surface area contributed by atoms with Gasteiger partial charge in [0, 0.05) is 17.6 Å². The highest BCUT2D eigenvalue weighted by atomic mass is 79.9. The number of ether oxygens (including phenoxy) is 2. The summed E-state index contributed by atoms with van der Waals surface area (Å²) in [5, 5.41) is 3.13. The second-order valence-corrected chi connectivity index (χ2v) is 4.91. The van der Waals surface area contributed by atoms with E-state index in [1.165, 1.54) is 6.07 Å². The Kier molecular flexibility index (Phi) is 7.42. The van der Waals surface area contributed by atoms with Gasteiger partial charge in [0.1, 0.15) is 5.82 Å². The van der Waals surface area contributed by atoms with Gasteiger partial charge < -0.3 is 14.8 Å². The molecule has 0 heterocycles. The van der Waals surface area contributed by atoms with Crippen LogP contribution in [0.1, 0.15) is 5.56 Å². The van der Waals surface area contributed by atoms with E-state index in [9.17, 15) is 4.39 Å². The van der Waals surface area contributed by atoms with E-state index < -0.39 is 0 Å². The molecule has 0 amide bonds. The summed E-state index contributed by atoms with van der Waals surface area (Å²) in [6, 6.07) is 5.06. The molecule has 0 spiro atoms. The van der Waals surface area contributed by atoms with Gasteiger partial charge in [-0.3, -0.25) is 0 Å². The number of likely N-dealkylation sites (N-methyl/N-ethyl adjacent to an activating group) is 1. The summed E-state index contributed by atoms with van der Waals surface area (Å²) >= 11 is 3.35. The first kappa shape index (κ1) is 15.6. The SMILES string of the molecule is CNC(COCCOC)Cc1cc(Br)ccc1F. The van der Waals surface area contributed by atoms with Crippen LogP contribution < -0.4 is 5.32 Å². The molecule has 0 saturated carbocycles. The zero-order valence-electron chi connectivity index (χ0n) is 10.7. The quantitative estimate of drug-likeness (QED) is 0.746. The molecule has 0 aromatic heterocycles. The minimum Gasteiger partial charge on any atom is -0.382 e. The van der Waals surface area contributed by atoms with Crippen molar-refractivity contribution in [2.24, 2.45) is 0 Å². The molecule has 0 saturated heterocycles. The summed E-state index contributed by atoms with van der Waals surface area (Å²) < 4.78 is 24.8. The second kappa shape index (κ2) is 8.58. The van der Waals surface area contributed by atoms with E-state index in [-0.39, 0.29) is 11.9 Å². The van der Waals surface area contributed by atoms with Gasteiger partial charge in [0.15, 0.2) is 0 Å². The van der Waals surface area contributed by atoms with Gasteiger partial charge >= 0.3 is 0 Å². The lowest BCUT2D eigenvalue weighted by Gasteiger charge is -2.17. The molecule has 18 heavy (non-hydrogen) atoms. The fourth-order valence-electron chi connectivity index (χ4n) is 1.58. The maximum atomic E-state index is 13.6. The summed E-state index contributed by atoms with van der Waals surface area (Å²) in [5.41, 5.74) is 0.680. The molecular weight excluding hydrogens is 301 g/mol. The van der Waals surface area contributed by atoms with Crippen LogP contribution in [-0.2, 0) is 15.9 Å². The Morgan fingerprint density at radius 1 is 1.39 bits per heavy atom. The predicted octanol–water partition coefficient (Wildman–Crippen LogP) is 2.38. The second-order valence-electron chi connectivity index (χ2n) is 3.99. The lowest BCUT2D eigenvalue weighted by molar-refractivity contribution is 0.0597. The van der Waals surface area contributed by atoms with Crippen molar-refractivity contribution in [3.63, 3.8) is 0 Å². The molecule has 1 N–H and O–H groups in total. The van der Waals surface area contributed by atoms with Crippen molar-refractivity contribution >= 4 is 15.9 Å². The van der Waals surface area contributed by atoms with E-state index in [1.807, 2.05) is 7.05 Å². The van der Waals surface area contributed by atoms with Crippen LogP contribution in [0.5, 0.6) is 0 Å². The zero-order chi connectivity index (χ0) is 13.4. The fraction of sp³-hybridized carbons (Fsp3) is 0.538. The lowest BCUT2D eigenvalue weighted by atomic mass is 10.1. The molecule has 1 aromatic carbocycles. The van der Waals surface area contributed by atoms with Crippen LogP contribution in [0, 0.1) is 5.82 Å². The van der Waals surface area contributed by atoms with Gasteiger partial charge in [0.2, 0.25) is 0 Å². The number of rotatable bonds is 8. The summed E-state index contributed by atoms with van der Waals surface area (Å²) in [6.45, 7) is 1.66. The number of hydrogen-bond acceptors (Lipinski definition) is 3. The maximum Gasteiger partial charge on any atom is 0.126 e. The molecule has 0 bridgehead atoms. The standard InChI is InChI=1S/C13H19BrFNO2/c1-16-12(9-18-6-5-17-2)8-10-7-11(14)3-4-13(10)15/h3-4,7,12,16H,5-6,8-9H2,1-2H3. The van der Waals surface area contributed by atoms with E-state index in [2.05, 4.69) is 21.2 Å². The van der Waals surface area contributed by atoms with Crippen LogP contribution in [0.2, 0.25) is 0 Å². The van der Waals surface area contributed by atoms with E-state index in [1.54, 1.807) is 19.2 Å². The number of methoxy groups -OCH3 is 1. The van der Waals surface area contributed by atoms with Crippen molar-refractivity contribution < 1.29 is 13.9 Å². The molecule has 1 atom stereocenters. The first-order chi connectivity index (χ1) is 8.67. The van der Waals surface area contributed by atoms with Gasteiger partial charge in [-0.15, -0.1) is 0 Å². The summed E-state index contributed by atoms with van der Waals surface area (Å²) in [7, 11) is 3.48. The van der Waals surface area contributed by atoms with Gasteiger partial charge in [0.25, 0.3) is 0 Å². The van der Waals surface area contributed by atoms with Crippen LogP contribution in [0.4, 0.5) is 4.39 Å². The predicted molar refractivity (Wildman–Crippen MR) is 73.3 cm³/mol. The Hall–Kier alpha value is -0.490. The molecule has 0 aliphatic carbocycles. The Morgan fingerprint density at radius 2 is 2.17 bits per heavy atom. The van der Waals surface area contributed by atoms with E-state index in [0.717, 1.165) is 4.47 Å². The number of halogens is 2. The molecule has 5 heteroatoms. The highest BCUT2D eigenvalue weighted by molar-refractivity contribution is 9.10. The number of nitrogens with one attached hydrogen (secondary N) is 1. The Labute approximate surface area is 116 Å². The summed E-state index contributed by atoms with van der Waals surface area (Å²) in [5.74, 6) is -0.185. The average Bonchev–Trinajstić information content (AvgIpc) is 2.37. The Bertz CT molecular complexity index is 363. The Morgan fingerprint density at radius 3 is 2.83 bits per heavy atom. The highest BCUT2D eigenvalue weighted by Crippen LogP contribution is 2.17. The monoisotopic (exact) mass is 319 g/mol. The molecule has 0 aliphatic heterocycles. The highest BCUT2D eigenvalue weighted by Gasteiger charge is 2.11. The largest absolute Gasteiger partial charge is 0.382 e. The normalized spacial score (nSPS) is 12.7. The molecule has 0 radical (unpaired) electrons. The van der Waals surface area contributed by atoms with Crippen LogP contribution >= 0.6 is 15.9 Å². The third-order valence-corrected chi connectivity index (χ3v) is 3.13. The first-order valence-electron chi connectivity index (χ1n) is 5.85.